The Bertz CT molecular complexity index is 796. The first kappa shape index (κ1) is 15.9. The minimum Gasteiger partial charge on any atom is -0.497 e. The van der Waals surface area contributed by atoms with Crippen molar-refractivity contribution in [2.75, 3.05) is 7.11 Å². The molecule has 0 radical (unpaired) electrons. The molecule has 0 atom stereocenters. The van der Waals surface area contributed by atoms with Gasteiger partial charge in [0, 0.05) is 10.5 Å². The van der Waals surface area contributed by atoms with E-state index in [0.29, 0.717) is 21.5 Å². The quantitative estimate of drug-likeness (QED) is 0.841. The van der Waals surface area contributed by atoms with Crippen LogP contribution in [0, 0.1) is 0 Å². The van der Waals surface area contributed by atoms with Crippen LogP contribution in [-0.2, 0) is 0 Å². The Morgan fingerprint density at radius 3 is 2.57 bits per heavy atom. The molecule has 2 aromatic rings. The summed E-state index contributed by atoms with van der Waals surface area (Å²) in [4.78, 5) is 27.3. The molecule has 112 valence electrons. The number of hydrogen-bond acceptors (Lipinski definition) is 3. The number of aromatic amines is 1. The van der Waals surface area contributed by atoms with E-state index in [1.807, 2.05) is 13.8 Å². The smallest absolute Gasteiger partial charge is 0.334 e. The van der Waals surface area contributed by atoms with E-state index in [2.05, 4.69) is 20.9 Å². The van der Waals surface area contributed by atoms with Gasteiger partial charge in [-0.25, -0.2) is 9.36 Å². The average molecular weight is 374 g/mol. The highest BCUT2D eigenvalue weighted by atomic mass is 79.9. The average Bonchev–Trinajstić information content (AvgIpc) is 2.39. The summed E-state index contributed by atoms with van der Waals surface area (Å²) in [6, 6.07) is 5.05. The number of methoxy groups -OCH3 is 1. The van der Waals surface area contributed by atoms with Crippen LogP contribution in [0.3, 0.4) is 0 Å². The first-order valence-corrected chi connectivity index (χ1v) is 7.42. The third-order valence-electron chi connectivity index (χ3n) is 3.06. The Balaban J connectivity index is 2.85. The number of H-pyrrole nitrogens is 1. The van der Waals surface area contributed by atoms with E-state index in [1.54, 1.807) is 18.2 Å². The topological polar surface area (TPSA) is 64.1 Å². The molecular weight excluding hydrogens is 360 g/mol. The van der Waals surface area contributed by atoms with Crippen molar-refractivity contribution in [2.24, 2.45) is 0 Å². The van der Waals surface area contributed by atoms with Crippen molar-refractivity contribution in [3.8, 4) is 11.4 Å². The van der Waals surface area contributed by atoms with Crippen LogP contribution in [0.1, 0.15) is 25.3 Å². The molecule has 1 heterocycles. The van der Waals surface area contributed by atoms with Crippen LogP contribution in [0.5, 0.6) is 5.75 Å². The largest absolute Gasteiger partial charge is 0.497 e. The third-order valence-corrected chi connectivity index (χ3v) is 4.03. The molecule has 1 aromatic heterocycles. The number of rotatable bonds is 3. The number of ether oxygens (including phenoxy) is 1. The zero-order valence-corrected chi connectivity index (χ0v) is 14.1. The fraction of sp³-hybridized carbons (Fsp3) is 0.286. The van der Waals surface area contributed by atoms with Gasteiger partial charge in [0.25, 0.3) is 5.56 Å². The standard InChI is InChI=1S/C14H14BrClN2O3/c1-7(2)11-12(16)17-14(20)18(13(11)19)10-6-8(21-3)4-5-9(10)15/h4-7H,1-3H3,(H,17,20). The van der Waals surface area contributed by atoms with Gasteiger partial charge < -0.3 is 4.74 Å². The number of hydrogen-bond donors (Lipinski definition) is 1. The minimum atomic E-state index is -0.594. The van der Waals surface area contributed by atoms with Crippen LogP contribution >= 0.6 is 27.5 Å². The molecule has 21 heavy (non-hydrogen) atoms. The molecule has 1 N–H and O–H groups in total. The van der Waals surface area contributed by atoms with Crippen molar-refractivity contribution >= 4 is 27.5 Å². The molecule has 5 nitrogen and oxygen atoms in total. The zero-order valence-electron chi connectivity index (χ0n) is 11.7. The molecule has 0 aliphatic rings. The molecule has 0 aliphatic carbocycles. The lowest BCUT2D eigenvalue weighted by Crippen LogP contribution is -2.36. The summed E-state index contributed by atoms with van der Waals surface area (Å²) in [6.07, 6.45) is 0. The normalized spacial score (nSPS) is 11.0. The summed E-state index contributed by atoms with van der Waals surface area (Å²) in [5.74, 6) is 0.429. The molecule has 0 fully saturated rings. The SMILES string of the molecule is COc1ccc(Br)c(-n2c(=O)[nH]c(Cl)c(C(C)C)c2=O)c1. The van der Waals surface area contributed by atoms with Gasteiger partial charge in [0.1, 0.15) is 10.9 Å². The van der Waals surface area contributed by atoms with Gasteiger partial charge in [0.2, 0.25) is 0 Å². The Morgan fingerprint density at radius 2 is 2.00 bits per heavy atom. The molecule has 0 spiro atoms. The third kappa shape index (κ3) is 2.91. The van der Waals surface area contributed by atoms with Gasteiger partial charge in [-0.1, -0.05) is 25.4 Å². The minimum absolute atomic E-state index is 0.0790. The van der Waals surface area contributed by atoms with Crippen LogP contribution in [0.25, 0.3) is 5.69 Å². The van der Waals surface area contributed by atoms with Crippen molar-refractivity contribution in [3.63, 3.8) is 0 Å². The number of benzene rings is 1. The second-order valence-electron chi connectivity index (χ2n) is 4.77. The Labute approximate surface area is 134 Å². The predicted octanol–water partition coefficient (Wildman–Crippen LogP) is 3.07. The number of nitrogens with one attached hydrogen (secondary N) is 1. The van der Waals surface area contributed by atoms with Gasteiger partial charge in [0.15, 0.2) is 0 Å². The molecule has 1 aromatic carbocycles. The monoisotopic (exact) mass is 372 g/mol. The van der Waals surface area contributed by atoms with Gasteiger partial charge >= 0.3 is 5.69 Å². The second-order valence-corrected chi connectivity index (χ2v) is 6.00. The van der Waals surface area contributed by atoms with E-state index in [4.69, 9.17) is 16.3 Å². The van der Waals surface area contributed by atoms with Gasteiger partial charge in [0.05, 0.1) is 18.4 Å². The van der Waals surface area contributed by atoms with E-state index in [-0.39, 0.29) is 11.1 Å². The molecule has 0 saturated carbocycles. The van der Waals surface area contributed by atoms with E-state index in [0.717, 1.165) is 4.57 Å². The number of nitrogens with zero attached hydrogens (tertiary/aromatic N) is 1. The van der Waals surface area contributed by atoms with Crippen molar-refractivity contribution < 1.29 is 4.74 Å². The van der Waals surface area contributed by atoms with Gasteiger partial charge in [-0.2, -0.15) is 0 Å². The number of halogens is 2. The molecule has 7 heteroatoms. The first-order chi connectivity index (χ1) is 9.86. The molecule has 0 aliphatic heterocycles. The van der Waals surface area contributed by atoms with Crippen LogP contribution in [0.15, 0.2) is 32.3 Å². The summed E-state index contributed by atoms with van der Waals surface area (Å²) in [6.45, 7) is 3.68. The van der Waals surface area contributed by atoms with E-state index < -0.39 is 11.2 Å². The summed E-state index contributed by atoms with van der Waals surface area (Å²) in [5, 5.41) is 0.0790. The van der Waals surface area contributed by atoms with Gasteiger partial charge in [-0.15, -0.1) is 0 Å². The Kier molecular flexibility index (Phi) is 4.58. The van der Waals surface area contributed by atoms with Crippen molar-refractivity contribution in [2.45, 2.75) is 19.8 Å². The fourth-order valence-corrected chi connectivity index (χ4v) is 2.84. The lowest BCUT2D eigenvalue weighted by atomic mass is 10.1. The van der Waals surface area contributed by atoms with Crippen molar-refractivity contribution in [3.05, 3.63) is 54.2 Å². The lowest BCUT2D eigenvalue weighted by molar-refractivity contribution is 0.414. The van der Waals surface area contributed by atoms with Gasteiger partial charge in [-0.05, 0) is 34.0 Å². The highest BCUT2D eigenvalue weighted by Crippen LogP contribution is 2.25. The summed E-state index contributed by atoms with van der Waals surface area (Å²) < 4.78 is 6.79. The maximum Gasteiger partial charge on any atom is 0.334 e. The summed E-state index contributed by atoms with van der Waals surface area (Å²) in [5.41, 5.74) is -0.263. The van der Waals surface area contributed by atoms with Crippen LogP contribution < -0.4 is 16.0 Å². The highest BCUT2D eigenvalue weighted by Gasteiger charge is 2.18. The first-order valence-electron chi connectivity index (χ1n) is 6.25. The maximum absolute atomic E-state index is 12.6. The summed E-state index contributed by atoms with van der Waals surface area (Å²) >= 11 is 9.33. The van der Waals surface area contributed by atoms with Crippen LogP contribution in [-0.4, -0.2) is 16.7 Å². The van der Waals surface area contributed by atoms with Crippen molar-refractivity contribution in [1.29, 1.82) is 0 Å². The number of aromatic nitrogens is 2. The van der Waals surface area contributed by atoms with Crippen LogP contribution in [0.4, 0.5) is 0 Å². The van der Waals surface area contributed by atoms with Gasteiger partial charge in [-0.3, -0.25) is 9.78 Å². The predicted molar refractivity (Wildman–Crippen MR) is 86.0 cm³/mol. The van der Waals surface area contributed by atoms with Crippen LogP contribution in [0.2, 0.25) is 5.15 Å². The zero-order chi connectivity index (χ0) is 15.7. The Hall–Kier alpha value is -1.53. The highest BCUT2D eigenvalue weighted by molar-refractivity contribution is 9.10. The Morgan fingerprint density at radius 1 is 1.33 bits per heavy atom. The maximum atomic E-state index is 12.6. The molecule has 0 bridgehead atoms. The molecular formula is C14H14BrClN2O3. The van der Waals surface area contributed by atoms with Crippen molar-refractivity contribution in [1.82, 2.24) is 9.55 Å². The fourth-order valence-electron chi connectivity index (χ4n) is 2.03. The molecule has 2 rings (SSSR count). The van der Waals surface area contributed by atoms with E-state index >= 15 is 0 Å². The molecule has 0 unspecified atom stereocenters. The second kappa shape index (κ2) is 6.07. The van der Waals surface area contributed by atoms with E-state index in [1.165, 1.54) is 7.11 Å². The lowest BCUT2D eigenvalue weighted by Gasteiger charge is -2.13. The van der Waals surface area contributed by atoms with E-state index in [9.17, 15) is 9.59 Å². The summed E-state index contributed by atoms with van der Waals surface area (Å²) in [7, 11) is 1.52. The molecule has 0 saturated heterocycles. The molecule has 0 amide bonds.